The summed E-state index contributed by atoms with van der Waals surface area (Å²) >= 11 is 3.44. The number of aryl methyl sites for hydroxylation is 1. The molecule has 1 heterocycles. The Kier molecular flexibility index (Phi) is 2.68. The molecule has 0 aliphatic carbocycles. The average Bonchev–Trinajstić information content (AvgIpc) is 2.65. The Hall–Kier alpha value is -1.09. The summed E-state index contributed by atoms with van der Waals surface area (Å²) in [7, 11) is 0. The number of rotatable bonds is 2. The van der Waals surface area contributed by atoms with Gasteiger partial charge in [0.25, 0.3) is 0 Å². The number of halogens is 1. The highest BCUT2D eigenvalue weighted by Gasteiger charge is 2.02. The maximum atomic E-state index is 4.29. The van der Waals surface area contributed by atoms with E-state index in [0.717, 1.165) is 16.7 Å². The van der Waals surface area contributed by atoms with Gasteiger partial charge in [-0.1, -0.05) is 28.1 Å². The summed E-state index contributed by atoms with van der Waals surface area (Å²) < 4.78 is 1.95. The third-order valence-corrected chi connectivity index (χ3v) is 2.68. The van der Waals surface area contributed by atoms with Gasteiger partial charge < -0.3 is 0 Å². The molecule has 0 N–H and O–H groups in total. The van der Waals surface area contributed by atoms with Crippen molar-refractivity contribution in [3.63, 3.8) is 0 Å². The summed E-state index contributed by atoms with van der Waals surface area (Å²) in [6.07, 6.45) is 1.82. The molecule has 0 saturated carbocycles. The topological polar surface area (TPSA) is 17.8 Å². The van der Waals surface area contributed by atoms with Crippen LogP contribution in [0.5, 0.6) is 0 Å². The zero-order chi connectivity index (χ0) is 9.97. The molecule has 0 unspecified atom stereocenters. The zero-order valence-electron chi connectivity index (χ0n) is 7.94. The Morgan fingerprint density at radius 1 is 1.36 bits per heavy atom. The lowest BCUT2D eigenvalue weighted by Crippen LogP contribution is -2.00. The molecule has 0 saturated heterocycles. The van der Waals surface area contributed by atoms with Crippen molar-refractivity contribution in [1.29, 1.82) is 0 Å². The SMILES string of the molecule is Cc1cccc(-n2nccc2CBr)c1. The van der Waals surface area contributed by atoms with Gasteiger partial charge >= 0.3 is 0 Å². The first-order valence-electron chi connectivity index (χ1n) is 4.47. The first-order chi connectivity index (χ1) is 6.81. The largest absolute Gasteiger partial charge is 0.237 e. The number of aromatic nitrogens is 2. The molecule has 0 fully saturated rings. The quantitative estimate of drug-likeness (QED) is 0.750. The van der Waals surface area contributed by atoms with Crippen molar-refractivity contribution in [1.82, 2.24) is 9.78 Å². The lowest BCUT2D eigenvalue weighted by atomic mass is 10.2. The monoisotopic (exact) mass is 250 g/mol. The Morgan fingerprint density at radius 3 is 2.93 bits per heavy atom. The standard InChI is InChI=1S/C11H11BrN2/c1-9-3-2-4-10(7-9)14-11(8-12)5-6-13-14/h2-7H,8H2,1H3. The van der Waals surface area contributed by atoms with Crippen molar-refractivity contribution in [3.8, 4) is 5.69 Å². The van der Waals surface area contributed by atoms with Crippen molar-refractivity contribution in [2.24, 2.45) is 0 Å². The molecular weight excluding hydrogens is 240 g/mol. The van der Waals surface area contributed by atoms with E-state index in [-0.39, 0.29) is 0 Å². The third-order valence-electron chi connectivity index (χ3n) is 2.10. The van der Waals surface area contributed by atoms with Gasteiger partial charge in [0.1, 0.15) is 0 Å². The second-order valence-corrected chi connectivity index (χ2v) is 3.77. The number of alkyl halides is 1. The molecule has 0 radical (unpaired) electrons. The van der Waals surface area contributed by atoms with Gasteiger partial charge in [-0.3, -0.25) is 0 Å². The van der Waals surface area contributed by atoms with Crippen molar-refractivity contribution in [2.45, 2.75) is 12.3 Å². The van der Waals surface area contributed by atoms with E-state index in [1.807, 2.05) is 23.0 Å². The van der Waals surface area contributed by atoms with E-state index in [0.29, 0.717) is 0 Å². The fraction of sp³-hybridized carbons (Fsp3) is 0.182. The van der Waals surface area contributed by atoms with E-state index in [4.69, 9.17) is 0 Å². The van der Waals surface area contributed by atoms with Crippen molar-refractivity contribution in [3.05, 3.63) is 47.8 Å². The summed E-state index contributed by atoms with van der Waals surface area (Å²) in [4.78, 5) is 0. The summed E-state index contributed by atoms with van der Waals surface area (Å²) in [5.74, 6) is 0. The molecule has 72 valence electrons. The molecule has 0 aliphatic heterocycles. The lowest BCUT2D eigenvalue weighted by Gasteiger charge is -2.05. The Morgan fingerprint density at radius 2 is 2.21 bits per heavy atom. The third kappa shape index (κ3) is 1.73. The normalized spacial score (nSPS) is 10.4. The maximum Gasteiger partial charge on any atom is 0.0651 e. The molecular formula is C11H11BrN2. The van der Waals surface area contributed by atoms with Crippen LogP contribution in [0.4, 0.5) is 0 Å². The summed E-state index contributed by atoms with van der Waals surface area (Å²) in [6, 6.07) is 10.3. The highest BCUT2D eigenvalue weighted by molar-refractivity contribution is 9.08. The fourth-order valence-electron chi connectivity index (χ4n) is 1.42. The minimum Gasteiger partial charge on any atom is -0.237 e. The van der Waals surface area contributed by atoms with Crippen molar-refractivity contribution in [2.75, 3.05) is 0 Å². The van der Waals surface area contributed by atoms with Crippen LogP contribution in [0.15, 0.2) is 36.5 Å². The zero-order valence-corrected chi connectivity index (χ0v) is 9.53. The molecule has 2 rings (SSSR count). The summed E-state index contributed by atoms with van der Waals surface area (Å²) in [5, 5.41) is 5.11. The highest BCUT2D eigenvalue weighted by Crippen LogP contribution is 2.13. The van der Waals surface area contributed by atoms with Crippen LogP contribution in [-0.2, 0) is 5.33 Å². The fourth-order valence-corrected chi connectivity index (χ4v) is 1.85. The number of hydrogen-bond acceptors (Lipinski definition) is 1. The number of hydrogen-bond donors (Lipinski definition) is 0. The van der Waals surface area contributed by atoms with E-state index in [1.165, 1.54) is 5.56 Å². The molecule has 14 heavy (non-hydrogen) atoms. The number of benzene rings is 1. The van der Waals surface area contributed by atoms with Crippen LogP contribution >= 0.6 is 15.9 Å². The van der Waals surface area contributed by atoms with Gasteiger partial charge in [-0.15, -0.1) is 0 Å². The second-order valence-electron chi connectivity index (χ2n) is 3.21. The molecule has 0 bridgehead atoms. The van der Waals surface area contributed by atoms with Gasteiger partial charge in [-0.2, -0.15) is 5.10 Å². The van der Waals surface area contributed by atoms with E-state index in [1.54, 1.807) is 0 Å². The van der Waals surface area contributed by atoms with E-state index < -0.39 is 0 Å². The molecule has 3 heteroatoms. The van der Waals surface area contributed by atoms with Gasteiger partial charge in [-0.05, 0) is 30.7 Å². The molecule has 0 spiro atoms. The van der Waals surface area contributed by atoms with Crippen LogP contribution < -0.4 is 0 Å². The number of nitrogens with zero attached hydrogens (tertiary/aromatic N) is 2. The first-order valence-corrected chi connectivity index (χ1v) is 5.59. The molecule has 2 aromatic rings. The van der Waals surface area contributed by atoms with Crippen LogP contribution in [-0.4, -0.2) is 9.78 Å². The molecule has 2 nitrogen and oxygen atoms in total. The van der Waals surface area contributed by atoms with Crippen LogP contribution in [0.3, 0.4) is 0 Å². The Balaban J connectivity index is 2.49. The first kappa shape index (κ1) is 9.46. The maximum absolute atomic E-state index is 4.29. The minimum atomic E-state index is 0.820. The van der Waals surface area contributed by atoms with E-state index >= 15 is 0 Å². The van der Waals surface area contributed by atoms with E-state index in [9.17, 15) is 0 Å². The summed E-state index contributed by atoms with van der Waals surface area (Å²) in [5.41, 5.74) is 3.53. The minimum absolute atomic E-state index is 0.820. The second kappa shape index (κ2) is 3.96. The molecule has 0 atom stereocenters. The van der Waals surface area contributed by atoms with Crippen molar-refractivity contribution < 1.29 is 0 Å². The van der Waals surface area contributed by atoms with Crippen LogP contribution in [0.2, 0.25) is 0 Å². The summed E-state index contributed by atoms with van der Waals surface area (Å²) in [6.45, 7) is 2.08. The van der Waals surface area contributed by atoms with Gasteiger partial charge in [-0.25, -0.2) is 4.68 Å². The molecule has 0 aliphatic rings. The van der Waals surface area contributed by atoms with Crippen LogP contribution in [0, 0.1) is 6.92 Å². The smallest absolute Gasteiger partial charge is 0.0651 e. The molecule has 1 aromatic heterocycles. The highest BCUT2D eigenvalue weighted by atomic mass is 79.9. The van der Waals surface area contributed by atoms with Gasteiger partial charge in [0, 0.05) is 11.5 Å². The van der Waals surface area contributed by atoms with Gasteiger partial charge in [0.15, 0.2) is 0 Å². The van der Waals surface area contributed by atoms with Gasteiger partial charge in [0.2, 0.25) is 0 Å². The molecule has 0 amide bonds. The van der Waals surface area contributed by atoms with Gasteiger partial charge in [0.05, 0.1) is 11.4 Å². The Bertz CT molecular complexity index is 434. The molecule has 1 aromatic carbocycles. The predicted molar refractivity (Wildman–Crippen MR) is 60.9 cm³/mol. The average molecular weight is 251 g/mol. The Labute approximate surface area is 91.7 Å². The van der Waals surface area contributed by atoms with Crippen molar-refractivity contribution >= 4 is 15.9 Å². The van der Waals surface area contributed by atoms with Crippen LogP contribution in [0.25, 0.3) is 5.69 Å². The predicted octanol–water partition coefficient (Wildman–Crippen LogP) is 3.08. The van der Waals surface area contributed by atoms with Crippen LogP contribution in [0.1, 0.15) is 11.3 Å². The van der Waals surface area contributed by atoms with E-state index in [2.05, 4.69) is 46.2 Å². The lowest BCUT2D eigenvalue weighted by molar-refractivity contribution is 0.842.